The van der Waals surface area contributed by atoms with Crippen molar-refractivity contribution < 1.29 is 14.3 Å². The van der Waals surface area contributed by atoms with Gasteiger partial charge in [0.05, 0.1) is 5.92 Å². The summed E-state index contributed by atoms with van der Waals surface area (Å²) in [4.78, 5) is 11.3. The van der Waals surface area contributed by atoms with Crippen LogP contribution in [-0.2, 0) is 4.79 Å². The number of nitrogens with two attached hydrogens (primary N) is 1. The predicted molar refractivity (Wildman–Crippen MR) is 62.9 cm³/mol. The molecule has 0 aliphatic heterocycles. The van der Waals surface area contributed by atoms with E-state index >= 15 is 0 Å². The number of halogens is 1. The second-order valence-electron chi connectivity index (χ2n) is 3.63. The molecule has 16 heavy (non-hydrogen) atoms. The topological polar surface area (TPSA) is 63.3 Å². The van der Waals surface area contributed by atoms with Gasteiger partial charge in [0.15, 0.2) is 0 Å². The maximum absolute atomic E-state index is 13.0. The van der Waals surface area contributed by atoms with Gasteiger partial charge in [-0.25, -0.2) is 4.39 Å². The van der Waals surface area contributed by atoms with Gasteiger partial charge in [0.25, 0.3) is 0 Å². The normalized spacial score (nSPS) is 14.4. The van der Waals surface area contributed by atoms with Crippen molar-refractivity contribution in [3.05, 3.63) is 24.0 Å². The molecule has 0 saturated carbocycles. The SMILES string of the molecule is CC(Sc1cc(F)ccc1N)C(C)C(=O)O. The fourth-order valence-electron chi connectivity index (χ4n) is 1.11. The molecule has 0 aliphatic carbocycles. The van der Waals surface area contributed by atoms with E-state index in [9.17, 15) is 9.18 Å². The summed E-state index contributed by atoms with van der Waals surface area (Å²) in [5.41, 5.74) is 6.15. The van der Waals surface area contributed by atoms with Crippen molar-refractivity contribution in [1.82, 2.24) is 0 Å². The first-order chi connectivity index (χ1) is 7.41. The minimum absolute atomic E-state index is 0.165. The van der Waals surface area contributed by atoms with E-state index in [4.69, 9.17) is 10.8 Å². The molecular formula is C11H14FNO2S. The molecule has 88 valence electrons. The van der Waals surface area contributed by atoms with Crippen LogP contribution in [-0.4, -0.2) is 16.3 Å². The van der Waals surface area contributed by atoms with Gasteiger partial charge < -0.3 is 10.8 Å². The zero-order valence-electron chi connectivity index (χ0n) is 9.11. The predicted octanol–water partition coefficient (Wildman–Crippen LogP) is 2.61. The van der Waals surface area contributed by atoms with E-state index in [2.05, 4.69) is 0 Å². The highest BCUT2D eigenvalue weighted by Crippen LogP contribution is 2.32. The molecule has 1 aromatic carbocycles. The summed E-state index contributed by atoms with van der Waals surface area (Å²) in [5, 5.41) is 8.67. The highest BCUT2D eigenvalue weighted by Gasteiger charge is 2.21. The fraction of sp³-hybridized carbons (Fsp3) is 0.364. The van der Waals surface area contributed by atoms with Crippen molar-refractivity contribution in [3.8, 4) is 0 Å². The summed E-state index contributed by atoms with van der Waals surface area (Å²) in [6, 6.07) is 4.09. The van der Waals surface area contributed by atoms with Gasteiger partial charge in [0, 0.05) is 15.8 Å². The first-order valence-electron chi connectivity index (χ1n) is 4.86. The van der Waals surface area contributed by atoms with Crippen LogP contribution in [0.2, 0.25) is 0 Å². The van der Waals surface area contributed by atoms with E-state index in [1.807, 2.05) is 0 Å². The Morgan fingerprint density at radius 1 is 1.50 bits per heavy atom. The molecule has 0 radical (unpaired) electrons. The summed E-state index contributed by atoms with van der Waals surface area (Å²) in [7, 11) is 0. The Bertz CT molecular complexity index is 398. The molecule has 0 bridgehead atoms. The van der Waals surface area contributed by atoms with Crippen molar-refractivity contribution in [3.63, 3.8) is 0 Å². The number of carbonyl (C=O) groups is 1. The lowest BCUT2D eigenvalue weighted by molar-refractivity contribution is -0.140. The average Bonchev–Trinajstić information content (AvgIpc) is 2.22. The maximum Gasteiger partial charge on any atom is 0.307 e. The zero-order chi connectivity index (χ0) is 12.3. The molecule has 0 fully saturated rings. The minimum atomic E-state index is -0.866. The number of thioether (sulfide) groups is 1. The lowest BCUT2D eigenvalue weighted by Gasteiger charge is -2.16. The van der Waals surface area contributed by atoms with Crippen molar-refractivity contribution in [2.24, 2.45) is 5.92 Å². The van der Waals surface area contributed by atoms with Crippen LogP contribution in [0.1, 0.15) is 13.8 Å². The van der Waals surface area contributed by atoms with Crippen molar-refractivity contribution in [2.75, 3.05) is 5.73 Å². The number of rotatable bonds is 4. The summed E-state index contributed by atoms with van der Waals surface area (Å²) < 4.78 is 13.0. The number of hydrogen-bond donors (Lipinski definition) is 2. The molecule has 3 N–H and O–H groups in total. The molecule has 0 spiro atoms. The Morgan fingerprint density at radius 2 is 2.12 bits per heavy atom. The molecule has 0 heterocycles. The van der Waals surface area contributed by atoms with Gasteiger partial charge in [0.1, 0.15) is 5.82 Å². The summed E-state index contributed by atoms with van der Waals surface area (Å²) in [6.45, 7) is 3.41. The molecule has 0 aliphatic rings. The molecular weight excluding hydrogens is 229 g/mol. The first-order valence-corrected chi connectivity index (χ1v) is 5.74. The third kappa shape index (κ3) is 3.13. The number of carboxylic acids is 1. The van der Waals surface area contributed by atoms with Gasteiger partial charge in [-0.05, 0) is 18.2 Å². The minimum Gasteiger partial charge on any atom is -0.481 e. The van der Waals surface area contributed by atoms with Crippen LogP contribution in [0.25, 0.3) is 0 Å². The Morgan fingerprint density at radius 3 is 2.69 bits per heavy atom. The van der Waals surface area contributed by atoms with E-state index in [0.717, 1.165) is 0 Å². The van der Waals surface area contributed by atoms with E-state index < -0.39 is 11.9 Å². The highest BCUT2D eigenvalue weighted by molar-refractivity contribution is 8.00. The number of carboxylic acid groups (broad SMARTS) is 1. The number of aliphatic carboxylic acids is 1. The Kier molecular flexibility index (Phi) is 4.18. The molecule has 0 aromatic heterocycles. The van der Waals surface area contributed by atoms with Crippen LogP contribution in [0.3, 0.4) is 0 Å². The van der Waals surface area contributed by atoms with Gasteiger partial charge in [-0.1, -0.05) is 13.8 Å². The van der Waals surface area contributed by atoms with Crippen LogP contribution in [0.15, 0.2) is 23.1 Å². The zero-order valence-corrected chi connectivity index (χ0v) is 9.92. The summed E-state index contributed by atoms with van der Waals surface area (Å²) in [5.74, 6) is -1.74. The van der Waals surface area contributed by atoms with E-state index in [1.54, 1.807) is 13.8 Å². The maximum atomic E-state index is 13.0. The molecule has 2 unspecified atom stereocenters. The summed E-state index contributed by atoms with van der Waals surface area (Å²) >= 11 is 1.27. The van der Waals surface area contributed by atoms with Gasteiger partial charge in [-0.15, -0.1) is 11.8 Å². The fourth-order valence-corrected chi connectivity index (χ4v) is 2.22. The quantitative estimate of drug-likeness (QED) is 0.630. The lowest BCUT2D eigenvalue weighted by Crippen LogP contribution is -2.20. The van der Waals surface area contributed by atoms with Gasteiger partial charge in [-0.3, -0.25) is 4.79 Å². The molecule has 0 saturated heterocycles. The molecule has 5 heteroatoms. The van der Waals surface area contributed by atoms with Gasteiger partial charge >= 0.3 is 5.97 Å². The molecule has 0 amide bonds. The standard InChI is InChI=1S/C11H14FNO2S/c1-6(11(14)15)7(2)16-10-5-8(12)3-4-9(10)13/h3-7H,13H2,1-2H3,(H,14,15). The average molecular weight is 243 g/mol. The Balaban J connectivity index is 2.80. The van der Waals surface area contributed by atoms with Crippen LogP contribution >= 0.6 is 11.8 Å². The second kappa shape index (κ2) is 5.21. The van der Waals surface area contributed by atoms with Crippen LogP contribution in [0.5, 0.6) is 0 Å². The number of anilines is 1. The highest BCUT2D eigenvalue weighted by atomic mass is 32.2. The van der Waals surface area contributed by atoms with Gasteiger partial charge in [-0.2, -0.15) is 0 Å². The second-order valence-corrected chi connectivity index (χ2v) is 5.05. The molecule has 1 aromatic rings. The molecule has 2 atom stereocenters. The van der Waals surface area contributed by atoms with Gasteiger partial charge in [0.2, 0.25) is 0 Å². The van der Waals surface area contributed by atoms with E-state index in [1.165, 1.54) is 30.0 Å². The Labute approximate surface area is 97.8 Å². The first kappa shape index (κ1) is 12.8. The van der Waals surface area contributed by atoms with E-state index in [-0.39, 0.29) is 11.1 Å². The van der Waals surface area contributed by atoms with Crippen LogP contribution in [0, 0.1) is 11.7 Å². The van der Waals surface area contributed by atoms with Crippen molar-refractivity contribution in [2.45, 2.75) is 24.0 Å². The number of hydrogen-bond acceptors (Lipinski definition) is 3. The van der Waals surface area contributed by atoms with E-state index in [0.29, 0.717) is 10.6 Å². The lowest BCUT2D eigenvalue weighted by atomic mass is 10.1. The summed E-state index contributed by atoms with van der Waals surface area (Å²) in [6.07, 6.45) is 0. The monoisotopic (exact) mass is 243 g/mol. The smallest absolute Gasteiger partial charge is 0.307 e. The van der Waals surface area contributed by atoms with Crippen LogP contribution < -0.4 is 5.73 Å². The third-order valence-electron chi connectivity index (χ3n) is 2.38. The Hall–Kier alpha value is -1.23. The largest absolute Gasteiger partial charge is 0.481 e. The third-order valence-corrected chi connectivity index (χ3v) is 3.77. The number of benzene rings is 1. The van der Waals surface area contributed by atoms with Crippen LogP contribution in [0.4, 0.5) is 10.1 Å². The van der Waals surface area contributed by atoms with Crippen molar-refractivity contribution in [1.29, 1.82) is 0 Å². The molecule has 1 rings (SSSR count). The number of nitrogen functional groups attached to an aromatic ring is 1. The molecule has 3 nitrogen and oxygen atoms in total. The van der Waals surface area contributed by atoms with Crippen molar-refractivity contribution >= 4 is 23.4 Å².